The van der Waals surface area contributed by atoms with Gasteiger partial charge in [0.2, 0.25) is 10.0 Å². The highest BCUT2D eigenvalue weighted by molar-refractivity contribution is 7.89. The molecule has 0 bridgehead atoms. The lowest BCUT2D eigenvalue weighted by Gasteiger charge is -2.26. The number of hydrogen-bond donors (Lipinski definition) is 0. The lowest BCUT2D eigenvalue weighted by atomic mass is 10.2. The molecule has 1 aliphatic carbocycles. The van der Waals surface area contributed by atoms with Crippen LogP contribution in [0.25, 0.3) is 0 Å². The number of fused-ring (bicyclic) bond motifs is 1. The Morgan fingerprint density at radius 3 is 2.84 bits per heavy atom. The van der Waals surface area contributed by atoms with Crippen molar-refractivity contribution in [3.8, 4) is 0 Å². The van der Waals surface area contributed by atoms with Gasteiger partial charge in [-0.25, -0.2) is 8.42 Å². The Bertz CT molecular complexity index is 560. The minimum atomic E-state index is -3.09. The monoisotopic (exact) mass is 283 g/mol. The first-order chi connectivity index (χ1) is 9.10. The second kappa shape index (κ2) is 4.90. The van der Waals surface area contributed by atoms with E-state index in [9.17, 15) is 8.42 Å². The Labute approximate surface area is 114 Å². The van der Waals surface area contributed by atoms with Crippen molar-refractivity contribution in [2.24, 2.45) is 0 Å². The van der Waals surface area contributed by atoms with Crippen LogP contribution in [0.2, 0.25) is 0 Å². The van der Waals surface area contributed by atoms with Crippen LogP contribution in [0.4, 0.5) is 0 Å². The van der Waals surface area contributed by atoms with Gasteiger partial charge in [0.1, 0.15) is 0 Å². The van der Waals surface area contributed by atoms with Gasteiger partial charge in [0.25, 0.3) is 0 Å². The average molecular weight is 283 g/mol. The summed E-state index contributed by atoms with van der Waals surface area (Å²) < 4.78 is 28.0. The summed E-state index contributed by atoms with van der Waals surface area (Å²) in [6.45, 7) is 3.76. The topological polar surface area (TPSA) is 55.2 Å². The molecule has 1 saturated carbocycles. The quantitative estimate of drug-likeness (QED) is 0.826. The third-order valence-corrected chi connectivity index (χ3v) is 5.83. The third kappa shape index (κ3) is 2.69. The number of sulfonamides is 1. The number of unbranched alkanes of at least 4 members (excludes halogenated alkanes) is 1. The van der Waals surface area contributed by atoms with Gasteiger partial charge in [0.05, 0.1) is 30.2 Å². The maximum absolute atomic E-state index is 12.2. The Morgan fingerprint density at radius 2 is 2.16 bits per heavy atom. The molecule has 0 N–H and O–H groups in total. The lowest BCUT2D eigenvalue weighted by Crippen LogP contribution is -2.39. The van der Waals surface area contributed by atoms with E-state index in [1.165, 1.54) is 12.8 Å². The van der Waals surface area contributed by atoms with E-state index in [0.29, 0.717) is 25.6 Å². The molecule has 0 amide bonds. The second-order valence-electron chi connectivity index (χ2n) is 5.56. The van der Waals surface area contributed by atoms with Crippen LogP contribution in [0.3, 0.4) is 0 Å². The van der Waals surface area contributed by atoms with Crippen molar-refractivity contribution in [3.63, 3.8) is 0 Å². The van der Waals surface area contributed by atoms with Crippen molar-refractivity contribution in [2.75, 3.05) is 12.3 Å². The number of aromatic nitrogens is 2. The van der Waals surface area contributed by atoms with E-state index >= 15 is 0 Å². The van der Waals surface area contributed by atoms with Crippen LogP contribution in [-0.4, -0.2) is 34.8 Å². The van der Waals surface area contributed by atoms with Gasteiger partial charge >= 0.3 is 0 Å². The second-order valence-corrected chi connectivity index (χ2v) is 7.65. The highest BCUT2D eigenvalue weighted by atomic mass is 32.2. The molecule has 0 radical (unpaired) electrons. The lowest BCUT2D eigenvalue weighted by molar-refractivity contribution is 0.326. The minimum absolute atomic E-state index is 0.271. The predicted octanol–water partition coefficient (Wildman–Crippen LogP) is 1.71. The largest absolute Gasteiger partial charge is 0.267 e. The van der Waals surface area contributed by atoms with E-state index < -0.39 is 10.0 Å². The fourth-order valence-electron chi connectivity index (χ4n) is 2.54. The molecule has 1 fully saturated rings. The van der Waals surface area contributed by atoms with Gasteiger partial charge in [0, 0.05) is 12.5 Å². The van der Waals surface area contributed by atoms with Crippen LogP contribution >= 0.6 is 0 Å². The Balaban J connectivity index is 1.74. The number of hydrogen-bond acceptors (Lipinski definition) is 3. The van der Waals surface area contributed by atoms with Gasteiger partial charge in [-0.2, -0.15) is 9.40 Å². The Kier molecular flexibility index (Phi) is 3.39. The summed E-state index contributed by atoms with van der Waals surface area (Å²) in [4.78, 5) is 0. The zero-order valence-corrected chi connectivity index (χ0v) is 12.2. The molecule has 2 aliphatic rings. The molecule has 3 rings (SSSR count). The fraction of sp³-hybridized carbons (Fsp3) is 0.769. The van der Waals surface area contributed by atoms with Crippen LogP contribution in [0.1, 0.15) is 49.9 Å². The highest BCUT2D eigenvalue weighted by Crippen LogP contribution is 2.39. The van der Waals surface area contributed by atoms with E-state index in [1.807, 2.05) is 11.6 Å². The van der Waals surface area contributed by atoms with Crippen LogP contribution in [0.15, 0.2) is 6.07 Å². The smallest absolute Gasteiger partial charge is 0.214 e. The first-order valence-electron chi connectivity index (χ1n) is 7.14. The van der Waals surface area contributed by atoms with Crippen LogP contribution in [0.5, 0.6) is 0 Å². The minimum Gasteiger partial charge on any atom is -0.267 e. The first kappa shape index (κ1) is 13.1. The molecule has 0 spiro atoms. The Morgan fingerprint density at radius 1 is 1.37 bits per heavy atom. The number of nitrogens with zero attached hydrogens (tertiary/aromatic N) is 3. The summed E-state index contributed by atoms with van der Waals surface area (Å²) in [5, 5.41) is 4.59. The molecule has 6 heteroatoms. The first-order valence-corrected chi connectivity index (χ1v) is 8.75. The Hall–Kier alpha value is -0.880. The van der Waals surface area contributed by atoms with Crippen molar-refractivity contribution in [3.05, 3.63) is 17.5 Å². The molecule has 0 saturated heterocycles. The van der Waals surface area contributed by atoms with Crippen molar-refractivity contribution in [2.45, 2.75) is 51.6 Å². The molecule has 1 aliphatic heterocycles. The SMILES string of the molecule is CCCCS(=O)(=O)N1CCn2nc(C3CC3)cc2C1. The molecular weight excluding hydrogens is 262 g/mol. The molecule has 1 aromatic rings. The molecule has 0 unspecified atom stereocenters. The predicted molar refractivity (Wildman–Crippen MR) is 73.3 cm³/mol. The molecular formula is C13H21N3O2S. The summed E-state index contributed by atoms with van der Waals surface area (Å²) in [6, 6.07) is 2.10. The van der Waals surface area contributed by atoms with Gasteiger partial charge in [-0.15, -0.1) is 0 Å². The van der Waals surface area contributed by atoms with Crippen molar-refractivity contribution < 1.29 is 8.42 Å². The highest BCUT2D eigenvalue weighted by Gasteiger charge is 2.31. The molecule has 0 aromatic carbocycles. The maximum atomic E-state index is 12.2. The number of rotatable bonds is 5. The summed E-state index contributed by atoms with van der Waals surface area (Å²) >= 11 is 0. The molecule has 2 heterocycles. The summed E-state index contributed by atoms with van der Waals surface area (Å²) in [5.41, 5.74) is 2.20. The third-order valence-electron chi connectivity index (χ3n) is 3.93. The van der Waals surface area contributed by atoms with E-state index in [2.05, 4.69) is 11.2 Å². The van der Waals surface area contributed by atoms with Gasteiger partial charge in [-0.05, 0) is 25.3 Å². The van der Waals surface area contributed by atoms with Crippen molar-refractivity contribution in [1.29, 1.82) is 0 Å². The molecule has 19 heavy (non-hydrogen) atoms. The molecule has 0 atom stereocenters. The summed E-state index contributed by atoms with van der Waals surface area (Å²) in [6.07, 6.45) is 4.12. The zero-order valence-electron chi connectivity index (χ0n) is 11.4. The van der Waals surface area contributed by atoms with E-state index in [1.54, 1.807) is 4.31 Å². The maximum Gasteiger partial charge on any atom is 0.214 e. The normalized spacial score (nSPS) is 20.5. The van der Waals surface area contributed by atoms with Crippen molar-refractivity contribution in [1.82, 2.24) is 14.1 Å². The van der Waals surface area contributed by atoms with Gasteiger partial charge in [0.15, 0.2) is 0 Å². The molecule has 106 valence electrons. The zero-order chi connectivity index (χ0) is 13.5. The summed E-state index contributed by atoms with van der Waals surface area (Å²) in [7, 11) is -3.09. The van der Waals surface area contributed by atoms with Crippen LogP contribution < -0.4 is 0 Å². The standard InChI is InChI=1S/C13H21N3O2S/c1-2-3-8-19(17,18)15-6-7-16-12(10-15)9-13(14-16)11-4-5-11/h9,11H,2-8,10H2,1H3. The van der Waals surface area contributed by atoms with E-state index in [-0.39, 0.29) is 5.75 Å². The average Bonchev–Trinajstić information content (AvgIpc) is 3.15. The molecule has 5 nitrogen and oxygen atoms in total. The van der Waals surface area contributed by atoms with Crippen molar-refractivity contribution >= 4 is 10.0 Å². The van der Waals surface area contributed by atoms with Crippen LogP contribution in [0, 0.1) is 0 Å². The van der Waals surface area contributed by atoms with E-state index in [0.717, 1.165) is 24.2 Å². The van der Waals surface area contributed by atoms with Gasteiger partial charge in [-0.1, -0.05) is 13.3 Å². The molecule has 1 aromatic heterocycles. The summed E-state index contributed by atoms with van der Waals surface area (Å²) in [5.74, 6) is 0.899. The fourth-order valence-corrected chi connectivity index (χ4v) is 4.14. The van der Waals surface area contributed by atoms with Crippen LogP contribution in [-0.2, 0) is 23.1 Å². The van der Waals surface area contributed by atoms with Gasteiger partial charge in [-0.3, -0.25) is 4.68 Å². The van der Waals surface area contributed by atoms with Gasteiger partial charge < -0.3 is 0 Å². The van der Waals surface area contributed by atoms with E-state index in [4.69, 9.17) is 0 Å².